The van der Waals surface area contributed by atoms with E-state index in [9.17, 15) is 15.0 Å². The zero-order valence-corrected chi connectivity index (χ0v) is 16.2. The highest BCUT2D eigenvalue weighted by Gasteiger charge is 2.29. The third-order valence-corrected chi connectivity index (χ3v) is 4.21. The average Bonchev–Trinajstić information content (AvgIpc) is 2.41. The summed E-state index contributed by atoms with van der Waals surface area (Å²) in [4.78, 5) is 11.8. The van der Waals surface area contributed by atoms with Crippen LogP contribution in [-0.2, 0) is 15.6 Å². The number of rotatable bonds is 6. The molecule has 0 heterocycles. The van der Waals surface area contributed by atoms with Gasteiger partial charge in [-0.3, -0.25) is 4.79 Å². The van der Waals surface area contributed by atoms with Crippen LogP contribution >= 0.6 is 0 Å². The van der Waals surface area contributed by atoms with Crippen molar-refractivity contribution in [2.45, 2.75) is 78.2 Å². The largest absolute Gasteiger partial charge is 0.507 e. The van der Waals surface area contributed by atoms with Crippen LogP contribution in [0.3, 0.4) is 0 Å². The summed E-state index contributed by atoms with van der Waals surface area (Å²) in [5.41, 5.74) is 1.73. The van der Waals surface area contributed by atoms with Gasteiger partial charge in [0.25, 0.3) is 0 Å². The van der Waals surface area contributed by atoms with Gasteiger partial charge in [-0.2, -0.15) is 0 Å². The van der Waals surface area contributed by atoms with E-state index in [4.69, 9.17) is 0 Å². The van der Waals surface area contributed by atoms with Crippen LogP contribution in [0, 0.1) is 0 Å². The molecule has 0 aromatic heterocycles. The monoisotopic (exact) mass is 335 g/mol. The maximum Gasteiger partial charge on any atom is 0.325 e. The zero-order chi connectivity index (χ0) is 18.7. The SMILES string of the molecule is CCCCNC(C(=O)O)c1cc(C(C)(C)C)c(O)c(C(C)(C)C)c1. The minimum atomic E-state index is -0.892. The van der Waals surface area contributed by atoms with Gasteiger partial charge in [0.15, 0.2) is 0 Å². The van der Waals surface area contributed by atoms with Crippen molar-refractivity contribution in [1.82, 2.24) is 5.32 Å². The van der Waals surface area contributed by atoms with E-state index in [1.54, 1.807) is 0 Å². The maximum absolute atomic E-state index is 11.8. The molecule has 4 heteroatoms. The highest BCUT2D eigenvalue weighted by Crippen LogP contribution is 2.40. The highest BCUT2D eigenvalue weighted by atomic mass is 16.4. The van der Waals surface area contributed by atoms with E-state index in [0.29, 0.717) is 12.1 Å². The third kappa shape index (κ3) is 4.97. The fourth-order valence-corrected chi connectivity index (χ4v) is 2.74. The summed E-state index contributed by atoms with van der Waals surface area (Å²) < 4.78 is 0. The molecule has 1 rings (SSSR count). The summed E-state index contributed by atoms with van der Waals surface area (Å²) in [5, 5.41) is 23.5. The van der Waals surface area contributed by atoms with E-state index in [2.05, 4.69) is 12.2 Å². The number of hydrogen-bond donors (Lipinski definition) is 3. The van der Waals surface area contributed by atoms with Gasteiger partial charge in [0, 0.05) is 0 Å². The fourth-order valence-electron chi connectivity index (χ4n) is 2.74. The molecule has 0 saturated heterocycles. The van der Waals surface area contributed by atoms with Crippen molar-refractivity contribution in [3.63, 3.8) is 0 Å². The van der Waals surface area contributed by atoms with Crippen LogP contribution in [0.15, 0.2) is 12.1 Å². The van der Waals surface area contributed by atoms with Crippen LogP contribution < -0.4 is 5.32 Å². The second-order valence-electron chi connectivity index (χ2n) is 8.54. The predicted octanol–water partition coefficient (Wildman–Crippen LogP) is 4.50. The average molecular weight is 335 g/mol. The number of phenols is 1. The Kier molecular flexibility index (Phi) is 6.45. The van der Waals surface area contributed by atoms with Crippen LogP contribution in [0.4, 0.5) is 0 Å². The van der Waals surface area contributed by atoms with Gasteiger partial charge in [0.2, 0.25) is 0 Å². The first-order valence-electron chi connectivity index (χ1n) is 8.73. The number of aliphatic carboxylic acids is 1. The van der Waals surface area contributed by atoms with Gasteiger partial charge in [-0.05, 0) is 52.6 Å². The fraction of sp³-hybridized carbons (Fsp3) is 0.650. The molecule has 0 saturated carbocycles. The number of benzene rings is 1. The number of carboxylic acids is 1. The lowest BCUT2D eigenvalue weighted by molar-refractivity contribution is -0.139. The molecule has 1 unspecified atom stereocenters. The predicted molar refractivity (Wildman–Crippen MR) is 98.8 cm³/mol. The lowest BCUT2D eigenvalue weighted by atomic mass is 9.77. The van der Waals surface area contributed by atoms with Crippen molar-refractivity contribution in [3.8, 4) is 5.75 Å². The molecule has 0 aliphatic carbocycles. The first-order chi connectivity index (χ1) is 10.9. The molecule has 24 heavy (non-hydrogen) atoms. The van der Waals surface area contributed by atoms with Crippen LogP contribution in [0.2, 0.25) is 0 Å². The standard InChI is InChI=1S/C20H33NO3/c1-8-9-10-21-16(18(23)24)13-11-14(19(2,3)4)17(22)15(12-13)20(5,6)7/h11-12,16,21-22H,8-10H2,1-7H3,(H,23,24). The quantitative estimate of drug-likeness (QED) is 0.669. The Morgan fingerprint density at radius 1 is 1.08 bits per heavy atom. The summed E-state index contributed by atoms with van der Waals surface area (Å²) >= 11 is 0. The number of aromatic hydroxyl groups is 1. The van der Waals surface area contributed by atoms with E-state index in [1.165, 1.54) is 0 Å². The van der Waals surface area contributed by atoms with Crippen molar-refractivity contribution in [3.05, 3.63) is 28.8 Å². The second-order valence-corrected chi connectivity index (χ2v) is 8.54. The summed E-state index contributed by atoms with van der Waals surface area (Å²) in [6.07, 6.45) is 1.94. The van der Waals surface area contributed by atoms with Crippen molar-refractivity contribution < 1.29 is 15.0 Å². The lowest BCUT2D eigenvalue weighted by Gasteiger charge is -2.29. The van der Waals surface area contributed by atoms with Crippen LogP contribution in [-0.4, -0.2) is 22.7 Å². The molecule has 0 fully saturated rings. The summed E-state index contributed by atoms with van der Waals surface area (Å²) in [5.74, 6) is -0.618. The van der Waals surface area contributed by atoms with Crippen molar-refractivity contribution in [1.29, 1.82) is 0 Å². The first-order valence-corrected chi connectivity index (χ1v) is 8.73. The molecule has 0 bridgehead atoms. The van der Waals surface area contributed by atoms with Gasteiger partial charge in [-0.25, -0.2) is 0 Å². The Bertz CT molecular complexity index is 545. The number of hydrogen-bond acceptors (Lipinski definition) is 3. The molecule has 0 radical (unpaired) electrons. The number of phenolic OH excluding ortho intramolecular Hbond substituents is 1. The summed E-state index contributed by atoms with van der Waals surface area (Å²) in [6, 6.07) is 2.91. The van der Waals surface area contributed by atoms with Crippen molar-refractivity contribution in [2.24, 2.45) is 0 Å². The Hall–Kier alpha value is -1.55. The van der Waals surface area contributed by atoms with Gasteiger partial charge >= 0.3 is 5.97 Å². The molecule has 4 nitrogen and oxygen atoms in total. The molecule has 136 valence electrons. The van der Waals surface area contributed by atoms with Gasteiger partial charge < -0.3 is 15.5 Å². The van der Waals surface area contributed by atoms with Gasteiger partial charge in [0.1, 0.15) is 11.8 Å². The number of carboxylic acid groups (broad SMARTS) is 1. The van der Waals surface area contributed by atoms with Gasteiger partial charge in [-0.15, -0.1) is 0 Å². The van der Waals surface area contributed by atoms with E-state index >= 15 is 0 Å². The molecule has 1 atom stereocenters. The molecular weight excluding hydrogens is 302 g/mol. The Morgan fingerprint density at radius 3 is 1.88 bits per heavy atom. The van der Waals surface area contributed by atoms with Crippen LogP contribution in [0.25, 0.3) is 0 Å². The lowest BCUT2D eigenvalue weighted by Crippen LogP contribution is -2.30. The van der Waals surface area contributed by atoms with Gasteiger partial charge in [0.05, 0.1) is 0 Å². The van der Waals surface area contributed by atoms with E-state index in [0.717, 1.165) is 24.0 Å². The van der Waals surface area contributed by atoms with E-state index in [-0.39, 0.29) is 16.6 Å². The van der Waals surface area contributed by atoms with E-state index in [1.807, 2.05) is 53.7 Å². The molecule has 1 aromatic carbocycles. The minimum Gasteiger partial charge on any atom is -0.507 e. The normalized spacial score (nSPS) is 13.8. The molecular formula is C20H33NO3. The Balaban J connectivity index is 3.48. The van der Waals surface area contributed by atoms with Gasteiger partial charge in [-0.1, -0.05) is 54.9 Å². The molecule has 1 aromatic rings. The van der Waals surface area contributed by atoms with Crippen LogP contribution in [0.1, 0.15) is 84.0 Å². The maximum atomic E-state index is 11.8. The minimum absolute atomic E-state index is 0.271. The van der Waals surface area contributed by atoms with Crippen molar-refractivity contribution >= 4 is 5.97 Å². The molecule has 0 aliphatic heterocycles. The van der Waals surface area contributed by atoms with Crippen LogP contribution in [0.5, 0.6) is 5.75 Å². The second kappa shape index (κ2) is 7.56. The van der Waals surface area contributed by atoms with E-state index < -0.39 is 12.0 Å². The number of nitrogens with one attached hydrogen (secondary N) is 1. The summed E-state index contributed by atoms with van der Waals surface area (Å²) in [7, 11) is 0. The Labute approximate surface area is 146 Å². The first kappa shape index (κ1) is 20.5. The highest BCUT2D eigenvalue weighted by molar-refractivity contribution is 5.76. The zero-order valence-electron chi connectivity index (χ0n) is 16.2. The van der Waals surface area contributed by atoms with Crippen molar-refractivity contribution in [2.75, 3.05) is 6.54 Å². The summed E-state index contributed by atoms with van der Waals surface area (Å²) in [6.45, 7) is 14.9. The molecule has 0 amide bonds. The Morgan fingerprint density at radius 2 is 1.54 bits per heavy atom. The molecule has 0 spiro atoms. The molecule has 0 aliphatic rings. The molecule has 3 N–H and O–H groups in total. The smallest absolute Gasteiger partial charge is 0.325 e. The third-order valence-electron chi connectivity index (χ3n) is 4.21. The number of carbonyl (C=O) groups is 1. The topological polar surface area (TPSA) is 69.6 Å². The number of unbranched alkanes of at least 4 members (excludes halogenated alkanes) is 1.